The topological polar surface area (TPSA) is 20.3 Å². The van der Waals surface area contributed by atoms with Crippen molar-refractivity contribution in [1.82, 2.24) is 4.90 Å². The van der Waals surface area contributed by atoms with E-state index in [1.165, 1.54) is 6.42 Å². The Morgan fingerprint density at radius 3 is 2.50 bits per heavy atom. The molecule has 1 fully saturated rings. The van der Waals surface area contributed by atoms with Crippen LogP contribution in [-0.4, -0.2) is 23.9 Å². The number of carbonyl (C=O) groups is 1. The molecule has 0 spiro atoms. The van der Waals surface area contributed by atoms with Crippen LogP contribution in [0.15, 0.2) is 18.2 Å². The monoisotopic (exact) mass is 217 g/mol. The zero-order valence-corrected chi connectivity index (χ0v) is 10.1. The highest BCUT2D eigenvalue weighted by molar-refractivity contribution is 5.95. The molecule has 1 amide bonds. The van der Waals surface area contributed by atoms with E-state index in [4.69, 9.17) is 0 Å². The second-order valence-electron chi connectivity index (χ2n) is 4.67. The lowest BCUT2D eigenvalue weighted by Crippen LogP contribution is -2.35. The Kier molecular flexibility index (Phi) is 3.28. The summed E-state index contributed by atoms with van der Waals surface area (Å²) in [6, 6.07) is 6.10. The molecular formula is C14H19NO. The molecule has 0 unspecified atom stereocenters. The fraction of sp³-hybridized carbons (Fsp3) is 0.500. The Bertz CT molecular complexity index is 392. The lowest BCUT2D eigenvalue weighted by Gasteiger charge is -2.27. The number of aryl methyl sites for hydroxylation is 2. The highest BCUT2D eigenvalue weighted by Crippen LogP contribution is 2.17. The molecule has 86 valence electrons. The zero-order valence-electron chi connectivity index (χ0n) is 10.1. The van der Waals surface area contributed by atoms with Crippen LogP contribution in [0.2, 0.25) is 0 Å². The van der Waals surface area contributed by atoms with E-state index in [0.29, 0.717) is 0 Å². The number of likely N-dealkylation sites (tertiary alicyclic amines) is 1. The van der Waals surface area contributed by atoms with Crippen molar-refractivity contribution in [3.8, 4) is 0 Å². The van der Waals surface area contributed by atoms with Crippen molar-refractivity contribution in [3.05, 3.63) is 34.9 Å². The lowest BCUT2D eigenvalue weighted by molar-refractivity contribution is 0.0723. The van der Waals surface area contributed by atoms with E-state index in [2.05, 4.69) is 6.07 Å². The Morgan fingerprint density at radius 2 is 1.81 bits per heavy atom. The molecule has 1 saturated heterocycles. The predicted molar refractivity (Wildman–Crippen MR) is 65.7 cm³/mol. The van der Waals surface area contributed by atoms with Crippen molar-refractivity contribution in [2.75, 3.05) is 13.1 Å². The van der Waals surface area contributed by atoms with Gasteiger partial charge in [0, 0.05) is 18.7 Å². The number of benzene rings is 1. The maximum absolute atomic E-state index is 12.3. The maximum atomic E-state index is 12.3. The van der Waals surface area contributed by atoms with Crippen molar-refractivity contribution in [2.24, 2.45) is 0 Å². The third kappa shape index (κ3) is 2.26. The van der Waals surface area contributed by atoms with E-state index in [0.717, 1.165) is 42.6 Å². The number of amides is 1. The van der Waals surface area contributed by atoms with Gasteiger partial charge in [-0.1, -0.05) is 17.7 Å². The highest BCUT2D eigenvalue weighted by Gasteiger charge is 2.19. The summed E-state index contributed by atoms with van der Waals surface area (Å²) in [6.07, 6.45) is 3.56. The average Bonchev–Trinajstić information content (AvgIpc) is 2.32. The van der Waals surface area contributed by atoms with Crippen LogP contribution < -0.4 is 0 Å². The maximum Gasteiger partial charge on any atom is 0.254 e. The first kappa shape index (κ1) is 11.2. The first-order valence-electron chi connectivity index (χ1n) is 6.05. The predicted octanol–water partition coefficient (Wildman–Crippen LogP) is 2.93. The quantitative estimate of drug-likeness (QED) is 0.708. The number of nitrogens with zero attached hydrogens (tertiary/aromatic N) is 1. The van der Waals surface area contributed by atoms with Crippen LogP contribution >= 0.6 is 0 Å². The van der Waals surface area contributed by atoms with E-state index in [-0.39, 0.29) is 5.91 Å². The minimum Gasteiger partial charge on any atom is -0.339 e. The van der Waals surface area contributed by atoms with Gasteiger partial charge in [-0.3, -0.25) is 4.79 Å². The Morgan fingerprint density at radius 1 is 1.12 bits per heavy atom. The SMILES string of the molecule is Cc1ccc(C)c(C(=O)N2CCCCC2)c1. The van der Waals surface area contributed by atoms with Gasteiger partial charge in [0.2, 0.25) is 0 Å². The van der Waals surface area contributed by atoms with Gasteiger partial charge in [-0.05, 0) is 44.7 Å². The molecule has 1 heterocycles. The van der Waals surface area contributed by atoms with E-state index in [1.54, 1.807) is 0 Å². The molecule has 0 atom stereocenters. The number of piperidine rings is 1. The standard InChI is InChI=1S/C14H19NO/c1-11-6-7-12(2)13(10-11)14(16)15-8-4-3-5-9-15/h6-7,10H,3-5,8-9H2,1-2H3. The lowest BCUT2D eigenvalue weighted by atomic mass is 10.0. The van der Waals surface area contributed by atoms with Gasteiger partial charge >= 0.3 is 0 Å². The van der Waals surface area contributed by atoms with Crippen molar-refractivity contribution >= 4 is 5.91 Å². The largest absolute Gasteiger partial charge is 0.339 e. The third-order valence-electron chi connectivity index (χ3n) is 3.27. The fourth-order valence-electron chi connectivity index (χ4n) is 2.23. The van der Waals surface area contributed by atoms with E-state index < -0.39 is 0 Å². The van der Waals surface area contributed by atoms with Gasteiger partial charge in [0.15, 0.2) is 0 Å². The van der Waals surface area contributed by atoms with E-state index >= 15 is 0 Å². The minimum absolute atomic E-state index is 0.209. The molecule has 0 aromatic heterocycles. The summed E-state index contributed by atoms with van der Waals surface area (Å²) in [7, 11) is 0. The summed E-state index contributed by atoms with van der Waals surface area (Å²) in [4.78, 5) is 14.3. The van der Waals surface area contributed by atoms with Gasteiger partial charge < -0.3 is 4.90 Å². The second-order valence-corrected chi connectivity index (χ2v) is 4.67. The van der Waals surface area contributed by atoms with Gasteiger partial charge in [0.1, 0.15) is 0 Å². The van der Waals surface area contributed by atoms with Crippen molar-refractivity contribution in [1.29, 1.82) is 0 Å². The molecule has 0 aliphatic carbocycles. The molecule has 1 aliphatic rings. The van der Waals surface area contributed by atoms with Gasteiger partial charge in [-0.15, -0.1) is 0 Å². The first-order valence-corrected chi connectivity index (χ1v) is 6.05. The summed E-state index contributed by atoms with van der Waals surface area (Å²) in [6.45, 7) is 5.89. The number of rotatable bonds is 1. The van der Waals surface area contributed by atoms with Crippen LogP contribution in [0.4, 0.5) is 0 Å². The van der Waals surface area contributed by atoms with Crippen LogP contribution in [-0.2, 0) is 0 Å². The zero-order chi connectivity index (χ0) is 11.5. The fourth-order valence-corrected chi connectivity index (χ4v) is 2.23. The molecule has 0 N–H and O–H groups in total. The first-order chi connectivity index (χ1) is 7.68. The Labute approximate surface area is 97.3 Å². The molecule has 2 rings (SSSR count). The summed E-state index contributed by atoms with van der Waals surface area (Å²) in [5.74, 6) is 0.209. The summed E-state index contributed by atoms with van der Waals surface area (Å²) in [5.41, 5.74) is 3.12. The van der Waals surface area contributed by atoms with Crippen LogP contribution in [0.25, 0.3) is 0 Å². The van der Waals surface area contributed by atoms with Crippen LogP contribution in [0.5, 0.6) is 0 Å². The number of hydrogen-bond donors (Lipinski definition) is 0. The van der Waals surface area contributed by atoms with E-state index in [9.17, 15) is 4.79 Å². The number of carbonyl (C=O) groups excluding carboxylic acids is 1. The second kappa shape index (κ2) is 4.69. The highest BCUT2D eigenvalue weighted by atomic mass is 16.2. The molecule has 2 nitrogen and oxygen atoms in total. The van der Waals surface area contributed by atoms with Crippen LogP contribution in [0.3, 0.4) is 0 Å². The van der Waals surface area contributed by atoms with Gasteiger partial charge in [-0.2, -0.15) is 0 Å². The van der Waals surface area contributed by atoms with Gasteiger partial charge in [0.25, 0.3) is 5.91 Å². The van der Waals surface area contributed by atoms with E-state index in [1.807, 2.05) is 30.9 Å². The molecule has 0 saturated carbocycles. The minimum atomic E-state index is 0.209. The van der Waals surface area contributed by atoms with Crippen LogP contribution in [0.1, 0.15) is 40.7 Å². The average molecular weight is 217 g/mol. The normalized spacial score (nSPS) is 16.2. The van der Waals surface area contributed by atoms with Crippen molar-refractivity contribution < 1.29 is 4.79 Å². The molecule has 1 aromatic rings. The summed E-state index contributed by atoms with van der Waals surface area (Å²) < 4.78 is 0. The molecule has 0 radical (unpaired) electrons. The molecule has 2 heteroatoms. The molecule has 16 heavy (non-hydrogen) atoms. The molecule has 0 bridgehead atoms. The number of hydrogen-bond acceptors (Lipinski definition) is 1. The van der Waals surface area contributed by atoms with Crippen molar-refractivity contribution in [2.45, 2.75) is 33.1 Å². The molecular weight excluding hydrogens is 198 g/mol. The van der Waals surface area contributed by atoms with Crippen LogP contribution in [0, 0.1) is 13.8 Å². The smallest absolute Gasteiger partial charge is 0.254 e. The molecule has 1 aromatic carbocycles. The Hall–Kier alpha value is -1.31. The summed E-state index contributed by atoms with van der Waals surface area (Å²) >= 11 is 0. The molecule has 1 aliphatic heterocycles. The van der Waals surface area contributed by atoms with Crippen molar-refractivity contribution in [3.63, 3.8) is 0 Å². The third-order valence-corrected chi connectivity index (χ3v) is 3.27. The van der Waals surface area contributed by atoms with Gasteiger partial charge in [-0.25, -0.2) is 0 Å². The Balaban J connectivity index is 2.22. The summed E-state index contributed by atoms with van der Waals surface area (Å²) in [5, 5.41) is 0. The van der Waals surface area contributed by atoms with Gasteiger partial charge in [0.05, 0.1) is 0 Å².